The Labute approximate surface area is 147 Å². The van der Waals surface area contributed by atoms with E-state index in [1.807, 2.05) is 67.9 Å². The third kappa shape index (κ3) is 3.82. The van der Waals surface area contributed by atoms with Gasteiger partial charge in [-0.2, -0.15) is 0 Å². The van der Waals surface area contributed by atoms with E-state index >= 15 is 0 Å². The zero-order chi connectivity index (χ0) is 17.8. The normalized spacial score (nSPS) is 10.8. The van der Waals surface area contributed by atoms with Crippen molar-refractivity contribution in [1.29, 1.82) is 0 Å². The number of pyridine rings is 1. The van der Waals surface area contributed by atoms with Crippen LogP contribution in [-0.4, -0.2) is 28.4 Å². The van der Waals surface area contributed by atoms with Crippen molar-refractivity contribution in [2.75, 3.05) is 13.2 Å². The number of hydrogen-bond donors (Lipinski definition) is 1. The largest absolute Gasteiger partial charge is 0.490 e. The fourth-order valence-electron chi connectivity index (χ4n) is 2.72. The minimum atomic E-state index is -0.0538. The summed E-state index contributed by atoms with van der Waals surface area (Å²) in [7, 11) is 0. The number of amides is 1. The Hall–Kier alpha value is -2.82. The maximum Gasteiger partial charge on any atom is 0.251 e. The average Bonchev–Trinajstić information content (AvgIpc) is 3.01. The number of ether oxygens (including phenoxy) is 1. The molecule has 0 radical (unpaired) electrons. The van der Waals surface area contributed by atoms with Gasteiger partial charge in [-0.25, -0.2) is 4.98 Å². The van der Waals surface area contributed by atoms with Crippen LogP contribution < -0.4 is 10.1 Å². The molecular weight excluding hydrogens is 314 g/mol. The number of carbonyl (C=O) groups is 1. The number of nitrogens with one attached hydrogen (secondary N) is 1. The predicted octanol–water partition coefficient (Wildman–Crippen LogP) is 3.32. The van der Waals surface area contributed by atoms with Gasteiger partial charge in [-0.05, 0) is 56.2 Å². The first kappa shape index (κ1) is 17.0. The monoisotopic (exact) mass is 337 g/mol. The number of aromatic nitrogens is 2. The van der Waals surface area contributed by atoms with Crippen LogP contribution in [0.4, 0.5) is 0 Å². The van der Waals surface area contributed by atoms with E-state index < -0.39 is 0 Å². The van der Waals surface area contributed by atoms with Crippen LogP contribution in [0.15, 0.2) is 42.7 Å². The van der Waals surface area contributed by atoms with Gasteiger partial charge in [0.05, 0.1) is 12.3 Å². The molecular formula is C20H23N3O2. The summed E-state index contributed by atoms with van der Waals surface area (Å²) in [5.41, 5.74) is 4.73. The molecule has 0 saturated carbocycles. The van der Waals surface area contributed by atoms with Crippen LogP contribution in [0.3, 0.4) is 0 Å². The van der Waals surface area contributed by atoms with E-state index in [1.54, 1.807) is 0 Å². The Bertz CT molecular complexity index is 899. The third-order valence-electron chi connectivity index (χ3n) is 4.23. The van der Waals surface area contributed by atoms with Gasteiger partial charge in [0.2, 0.25) is 0 Å². The molecule has 2 aromatic heterocycles. The topological polar surface area (TPSA) is 55.6 Å². The van der Waals surface area contributed by atoms with E-state index in [0.717, 1.165) is 22.7 Å². The molecule has 3 aromatic rings. The van der Waals surface area contributed by atoms with Crippen molar-refractivity contribution in [2.45, 2.75) is 27.2 Å². The Morgan fingerprint density at radius 3 is 2.84 bits per heavy atom. The number of hydrogen-bond acceptors (Lipinski definition) is 3. The molecule has 0 aliphatic rings. The quantitative estimate of drug-likeness (QED) is 0.751. The molecule has 130 valence electrons. The molecule has 0 unspecified atom stereocenters. The van der Waals surface area contributed by atoms with Gasteiger partial charge in [0, 0.05) is 30.9 Å². The van der Waals surface area contributed by atoms with E-state index in [4.69, 9.17) is 4.74 Å². The summed E-state index contributed by atoms with van der Waals surface area (Å²) in [5, 5.41) is 2.96. The molecule has 1 amide bonds. The Morgan fingerprint density at radius 2 is 2.08 bits per heavy atom. The first-order chi connectivity index (χ1) is 12.1. The molecule has 5 nitrogen and oxygen atoms in total. The van der Waals surface area contributed by atoms with Crippen LogP contribution in [-0.2, 0) is 6.42 Å². The van der Waals surface area contributed by atoms with Crippen molar-refractivity contribution < 1.29 is 9.53 Å². The standard InChI is InChI=1S/C20H23N3O2/c1-4-25-18-6-5-11-23-13-17(22-19(18)23)9-10-21-20(24)16-8-7-14(2)15(3)12-16/h5-8,11-13H,4,9-10H2,1-3H3,(H,21,24). The lowest BCUT2D eigenvalue weighted by atomic mass is 10.1. The summed E-state index contributed by atoms with van der Waals surface area (Å²) >= 11 is 0. The van der Waals surface area contributed by atoms with Crippen molar-refractivity contribution in [2.24, 2.45) is 0 Å². The number of imidazole rings is 1. The van der Waals surface area contributed by atoms with Crippen LogP contribution in [0, 0.1) is 13.8 Å². The SMILES string of the molecule is CCOc1cccn2cc(CCNC(=O)c3ccc(C)c(C)c3)nc12. The summed E-state index contributed by atoms with van der Waals surface area (Å²) in [5.74, 6) is 0.720. The fourth-order valence-corrected chi connectivity index (χ4v) is 2.72. The summed E-state index contributed by atoms with van der Waals surface area (Å²) in [6, 6.07) is 9.60. The van der Waals surface area contributed by atoms with Gasteiger partial charge in [-0.1, -0.05) is 6.07 Å². The number of fused-ring (bicyclic) bond motifs is 1. The minimum Gasteiger partial charge on any atom is -0.490 e. The van der Waals surface area contributed by atoms with Gasteiger partial charge in [0.25, 0.3) is 5.91 Å². The van der Waals surface area contributed by atoms with Gasteiger partial charge in [0.1, 0.15) is 0 Å². The zero-order valence-corrected chi connectivity index (χ0v) is 14.9. The summed E-state index contributed by atoms with van der Waals surface area (Å²) in [6.07, 6.45) is 4.59. The minimum absolute atomic E-state index is 0.0538. The summed E-state index contributed by atoms with van der Waals surface area (Å²) < 4.78 is 7.55. The molecule has 0 saturated heterocycles. The number of aryl methyl sites for hydroxylation is 2. The van der Waals surface area contributed by atoms with Crippen LogP contribution in [0.2, 0.25) is 0 Å². The fraction of sp³-hybridized carbons (Fsp3) is 0.300. The molecule has 0 atom stereocenters. The molecule has 5 heteroatoms. The second-order valence-corrected chi connectivity index (χ2v) is 6.07. The van der Waals surface area contributed by atoms with Crippen molar-refractivity contribution in [3.05, 3.63) is 65.1 Å². The molecule has 3 rings (SSSR count). The Balaban J connectivity index is 1.63. The Morgan fingerprint density at radius 1 is 1.24 bits per heavy atom. The summed E-state index contributed by atoms with van der Waals surface area (Å²) in [4.78, 5) is 16.9. The molecule has 0 bridgehead atoms. The van der Waals surface area contributed by atoms with Gasteiger partial charge in [-0.15, -0.1) is 0 Å². The van der Waals surface area contributed by atoms with Crippen molar-refractivity contribution in [3.8, 4) is 5.75 Å². The second kappa shape index (κ2) is 7.38. The summed E-state index contributed by atoms with van der Waals surface area (Å²) in [6.45, 7) is 7.15. The maximum absolute atomic E-state index is 12.3. The molecule has 1 N–H and O–H groups in total. The van der Waals surface area contributed by atoms with E-state index in [0.29, 0.717) is 25.1 Å². The van der Waals surface area contributed by atoms with E-state index in [9.17, 15) is 4.79 Å². The van der Waals surface area contributed by atoms with Crippen molar-refractivity contribution in [1.82, 2.24) is 14.7 Å². The molecule has 1 aromatic carbocycles. The molecule has 0 aliphatic heterocycles. The zero-order valence-electron chi connectivity index (χ0n) is 14.9. The smallest absolute Gasteiger partial charge is 0.251 e. The van der Waals surface area contributed by atoms with Gasteiger partial charge < -0.3 is 14.5 Å². The number of rotatable bonds is 6. The molecule has 0 aliphatic carbocycles. The Kier molecular flexibility index (Phi) is 5.03. The molecule has 0 fully saturated rings. The molecule has 25 heavy (non-hydrogen) atoms. The highest BCUT2D eigenvalue weighted by atomic mass is 16.5. The number of carbonyl (C=O) groups excluding carboxylic acids is 1. The number of nitrogens with zero attached hydrogens (tertiary/aromatic N) is 2. The van der Waals surface area contributed by atoms with Crippen LogP contribution >= 0.6 is 0 Å². The van der Waals surface area contributed by atoms with Crippen LogP contribution in [0.25, 0.3) is 5.65 Å². The van der Waals surface area contributed by atoms with E-state index in [1.165, 1.54) is 5.56 Å². The highest BCUT2D eigenvalue weighted by molar-refractivity contribution is 5.94. The van der Waals surface area contributed by atoms with Gasteiger partial charge in [0.15, 0.2) is 11.4 Å². The number of benzene rings is 1. The lowest BCUT2D eigenvalue weighted by Gasteiger charge is -2.06. The second-order valence-electron chi connectivity index (χ2n) is 6.07. The first-order valence-corrected chi connectivity index (χ1v) is 8.53. The van der Waals surface area contributed by atoms with Crippen molar-refractivity contribution >= 4 is 11.6 Å². The first-order valence-electron chi connectivity index (χ1n) is 8.53. The highest BCUT2D eigenvalue weighted by Crippen LogP contribution is 2.19. The lowest BCUT2D eigenvalue weighted by Crippen LogP contribution is -2.25. The van der Waals surface area contributed by atoms with E-state index in [-0.39, 0.29) is 5.91 Å². The van der Waals surface area contributed by atoms with Crippen LogP contribution in [0.1, 0.15) is 34.1 Å². The average molecular weight is 337 g/mol. The lowest BCUT2D eigenvalue weighted by molar-refractivity contribution is 0.0954. The van der Waals surface area contributed by atoms with E-state index in [2.05, 4.69) is 10.3 Å². The predicted molar refractivity (Wildman–Crippen MR) is 98.3 cm³/mol. The molecule has 2 heterocycles. The van der Waals surface area contributed by atoms with Gasteiger partial charge in [-0.3, -0.25) is 4.79 Å². The van der Waals surface area contributed by atoms with Crippen molar-refractivity contribution in [3.63, 3.8) is 0 Å². The third-order valence-corrected chi connectivity index (χ3v) is 4.23. The molecule has 0 spiro atoms. The van der Waals surface area contributed by atoms with Crippen LogP contribution in [0.5, 0.6) is 5.75 Å². The van der Waals surface area contributed by atoms with Gasteiger partial charge >= 0.3 is 0 Å². The maximum atomic E-state index is 12.3. The highest BCUT2D eigenvalue weighted by Gasteiger charge is 2.09.